The van der Waals surface area contributed by atoms with E-state index < -0.39 is 18.5 Å². The molecule has 6 nitrogen and oxygen atoms in total. The molecule has 1 aromatic heterocycles. The molecule has 1 N–H and O–H groups in total. The van der Waals surface area contributed by atoms with E-state index in [0.717, 1.165) is 4.47 Å². The molecule has 0 bridgehead atoms. The number of rotatable bonds is 4. The van der Waals surface area contributed by atoms with E-state index in [0.29, 0.717) is 11.4 Å². The largest absolute Gasteiger partial charge is 0.452 e. The second kappa shape index (κ2) is 6.93. The van der Waals surface area contributed by atoms with Crippen LogP contribution in [0, 0.1) is 6.92 Å². The third-order valence-electron chi connectivity index (χ3n) is 2.82. The first-order valence-corrected chi connectivity index (χ1v) is 7.47. The lowest BCUT2D eigenvalue weighted by Crippen LogP contribution is -2.21. The second-order valence-electron chi connectivity index (χ2n) is 4.51. The van der Waals surface area contributed by atoms with Gasteiger partial charge in [0, 0.05) is 17.2 Å². The van der Waals surface area contributed by atoms with Crippen LogP contribution in [0.2, 0.25) is 5.15 Å². The average Bonchev–Trinajstić information content (AvgIpc) is 2.72. The highest BCUT2D eigenvalue weighted by molar-refractivity contribution is 9.10. The topological polar surface area (TPSA) is 73.2 Å². The molecule has 0 aliphatic carbocycles. The van der Waals surface area contributed by atoms with E-state index >= 15 is 0 Å². The Morgan fingerprint density at radius 3 is 2.55 bits per heavy atom. The van der Waals surface area contributed by atoms with Crippen LogP contribution in [0.3, 0.4) is 0 Å². The molecule has 0 saturated heterocycles. The van der Waals surface area contributed by atoms with Crippen LogP contribution in [0.5, 0.6) is 0 Å². The van der Waals surface area contributed by atoms with Gasteiger partial charge in [-0.05, 0) is 31.2 Å². The monoisotopic (exact) mass is 385 g/mol. The molecule has 8 heteroatoms. The minimum atomic E-state index is -0.679. The highest BCUT2D eigenvalue weighted by atomic mass is 79.9. The summed E-state index contributed by atoms with van der Waals surface area (Å²) in [5, 5.41) is 6.81. The van der Waals surface area contributed by atoms with Crippen LogP contribution in [0.15, 0.2) is 28.7 Å². The minimum absolute atomic E-state index is 0.167. The van der Waals surface area contributed by atoms with Crippen molar-refractivity contribution >= 4 is 45.1 Å². The SMILES string of the molecule is Cc1nn(C)c(Cl)c1C(=O)OCC(=O)Nc1ccc(Br)cc1. The maximum atomic E-state index is 12.0. The maximum absolute atomic E-state index is 12.0. The highest BCUT2D eigenvalue weighted by Crippen LogP contribution is 2.19. The molecule has 22 heavy (non-hydrogen) atoms. The number of nitrogens with one attached hydrogen (secondary N) is 1. The van der Waals surface area contributed by atoms with Gasteiger partial charge >= 0.3 is 5.97 Å². The molecule has 116 valence electrons. The summed E-state index contributed by atoms with van der Waals surface area (Å²) in [4.78, 5) is 23.7. The molecule has 1 aromatic carbocycles. The van der Waals surface area contributed by atoms with Crippen LogP contribution in [0.4, 0.5) is 5.69 Å². The molecular weight excluding hydrogens is 374 g/mol. The van der Waals surface area contributed by atoms with Gasteiger partial charge in [-0.2, -0.15) is 5.10 Å². The van der Waals surface area contributed by atoms with Crippen LogP contribution in [-0.2, 0) is 16.6 Å². The summed E-state index contributed by atoms with van der Waals surface area (Å²) < 4.78 is 7.23. The quantitative estimate of drug-likeness (QED) is 0.820. The van der Waals surface area contributed by atoms with E-state index in [4.69, 9.17) is 16.3 Å². The fourth-order valence-corrected chi connectivity index (χ4v) is 2.31. The van der Waals surface area contributed by atoms with Crippen molar-refractivity contribution in [3.8, 4) is 0 Å². The van der Waals surface area contributed by atoms with Gasteiger partial charge in [0.1, 0.15) is 10.7 Å². The van der Waals surface area contributed by atoms with Gasteiger partial charge in [-0.3, -0.25) is 9.48 Å². The van der Waals surface area contributed by atoms with Gasteiger partial charge in [-0.25, -0.2) is 4.79 Å². The van der Waals surface area contributed by atoms with Crippen molar-refractivity contribution in [2.24, 2.45) is 7.05 Å². The van der Waals surface area contributed by atoms with Crippen LogP contribution in [0.25, 0.3) is 0 Å². The third kappa shape index (κ3) is 3.86. The molecule has 0 aliphatic rings. The second-order valence-corrected chi connectivity index (χ2v) is 5.78. The molecule has 0 unspecified atom stereocenters. The lowest BCUT2D eigenvalue weighted by atomic mass is 10.3. The fraction of sp³-hybridized carbons (Fsp3) is 0.214. The average molecular weight is 387 g/mol. The zero-order valence-corrected chi connectivity index (χ0v) is 14.2. The van der Waals surface area contributed by atoms with Crippen LogP contribution in [-0.4, -0.2) is 28.3 Å². The van der Waals surface area contributed by atoms with E-state index in [1.165, 1.54) is 4.68 Å². The number of ether oxygens (including phenoxy) is 1. The molecule has 0 fully saturated rings. The number of aryl methyl sites for hydroxylation is 2. The van der Waals surface area contributed by atoms with Crippen molar-refractivity contribution < 1.29 is 14.3 Å². The summed E-state index contributed by atoms with van der Waals surface area (Å²) in [6, 6.07) is 7.04. The number of halogens is 2. The number of benzene rings is 1. The number of aromatic nitrogens is 2. The Morgan fingerprint density at radius 1 is 1.36 bits per heavy atom. The Bertz CT molecular complexity index is 713. The summed E-state index contributed by atoms with van der Waals surface area (Å²) in [6.45, 7) is 1.24. The standard InChI is InChI=1S/C14H13BrClN3O3/c1-8-12(13(16)19(2)18-8)14(21)22-7-11(20)17-10-5-3-9(15)4-6-10/h3-6H,7H2,1-2H3,(H,17,20). The van der Waals surface area contributed by atoms with Gasteiger partial charge in [0.05, 0.1) is 5.69 Å². The molecule has 0 atom stereocenters. The summed E-state index contributed by atoms with van der Waals surface area (Å²) >= 11 is 9.26. The third-order valence-corrected chi connectivity index (χ3v) is 3.78. The van der Waals surface area contributed by atoms with E-state index in [-0.39, 0.29) is 10.7 Å². The number of carbonyl (C=O) groups excluding carboxylic acids is 2. The molecule has 2 aromatic rings. The number of esters is 1. The summed E-state index contributed by atoms with van der Waals surface area (Å²) in [5.41, 5.74) is 1.23. The zero-order chi connectivity index (χ0) is 16.3. The van der Waals surface area contributed by atoms with Crippen LogP contribution < -0.4 is 5.32 Å². The fourth-order valence-electron chi connectivity index (χ4n) is 1.80. The Morgan fingerprint density at radius 2 is 2.00 bits per heavy atom. The molecule has 0 radical (unpaired) electrons. The Balaban J connectivity index is 1.93. The van der Waals surface area contributed by atoms with Crippen molar-refractivity contribution in [3.63, 3.8) is 0 Å². The molecule has 1 heterocycles. The van der Waals surface area contributed by atoms with E-state index in [1.54, 1.807) is 38.2 Å². The highest BCUT2D eigenvalue weighted by Gasteiger charge is 2.21. The van der Waals surface area contributed by atoms with E-state index in [1.807, 2.05) is 0 Å². The van der Waals surface area contributed by atoms with Gasteiger partial charge in [-0.1, -0.05) is 27.5 Å². The van der Waals surface area contributed by atoms with Crippen LogP contribution in [0.1, 0.15) is 16.1 Å². The van der Waals surface area contributed by atoms with Crippen molar-refractivity contribution in [2.45, 2.75) is 6.92 Å². The number of hydrogen-bond donors (Lipinski definition) is 1. The van der Waals surface area contributed by atoms with Crippen molar-refractivity contribution in [1.82, 2.24) is 9.78 Å². The first-order chi connectivity index (χ1) is 10.4. The van der Waals surface area contributed by atoms with Gasteiger partial charge in [-0.15, -0.1) is 0 Å². The van der Waals surface area contributed by atoms with Gasteiger partial charge in [0.15, 0.2) is 6.61 Å². The summed E-state index contributed by atoms with van der Waals surface area (Å²) in [7, 11) is 1.62. The molecule has 1 amide bonds. The van der Waals surface area contributed by atoms with Gasteiger partial charge in [0.2, 0.25) is 0 Å². The lowest BCUT2D eigenvalue weighted by Gasteiger charge is -2.06. The summed E-state index contributed by atoms with van der Waals surface area (Å²) in [6.07, 6.45) is 0. The molecular formula is C14H13BrClN3O3. The predicted molar refractivity (Wildman–Crippen MR) is 86.0 cm³/mol. The molecule has 2 rings (SSSR count). The lowest BCUT2D eigenvalue weighted by molar-refractivity contribution is -0.119. The van der Waals surface area contributed by atoms with Crippen LogP contribution >= 0.6 is 27.5 Å². The zero-order valence-electron chi connectivity index (χ0n) is 11.9. The van der Waals surface area contributed by atoms with Crippen molar-refractivity contribution in [3.05, 3.63) is 45.1 Å². The molecule has 0 saturated carbocycles. The Kier molecular flexibility index (Phi) is 5.20. The predicted octanol–water partition coefficient (Wildman–Crippen LogP) is 2.94. The normalized spacial score (nSPS) is 10.4. The Labute approximate surface area is 140 Å². The first kappa shape index (κ1) is 16.5. The van der Waals surface area contributed by atoms with Crippen molar-refractivity contribution in [2.75, 3.05) is 11.9 Å². The number of carbonyl (C=O) groups is 2. The Hall–Kier alpha value is -1.86. The maximum Gasteiger partial charge on any atom is 0.343 e. The number of anilines is 1. The summed E-state index contributed by atoms with van der Waals surface area (Å²) in [5.74, 6) is -1.12. The first-order valence-electron chi connectivity index (χ1n) is 6.30. The number of amides is 1. The molecule has 0 aliphatic heterocycles. The number of hydrogen-bond acceptors (Lipinski definition) is 4. The van der Waals surface area contributed by atoms with Gasteiger partial charge < -0.3 is 10.1 Å². The molecule has 0 spiro atoms. The van der Waals surface area contributed by atoms with E-state index in [9.17, 15) is 9.59 Å². The minimum Gasteiger partial charge on any atom is -0.452 e. The smallest absolute Gasteiger partial charge is 0.343 e. The van der Waals surface area contributed by atoms with Gasteiger partial charge in [0.25, 0.3) is 5.91 Å². The number of nitrogens with zero attached hydrogens (tertiary/aromatic N) is 2. The van der Waals surface area contributed by atoms with E-state index in [2.05, 4.69) is 26.3 Å². The van der Waals surface area contributed by atoms with Crippen molar-refractivity contribution in [1.29, 1.82) is 0 Å².